The first-order chi connectivity index (χ1) is 13.1. The number of para-hydroxylation sites is 1. The highest BCUT2D eigenvalue weighted by Crippen LogP contribution is 2.33. The summed E-state index contributed by atoms with van der Waals surface area (Å²) in [6.07, 6.45) is 4.44. The van der Waals surface area contributed by atoms with E-state index < -0.39 is 4.92 Å². The first-order valence-electron chi connectivity index (χ1n) is 8.61. The summed E-state index contributed by atoms with van der Waals surface area (Å²) >= 11 is 0. The molecule has 1 aliphatic heterocycles. The van der Waals surface area contributed by atoms with E-state index in [1.165, 1.54) is 29.5 Å². The van der Waals surface area contributed by atoms with E-state index >= 15 is 0 Å². The summed E-state index contributed by atoms with van der Waals surface area (Å²) in [6, 6.07) is 12.2. The Morgan fingerprint density at radius 2 is 2.04 bits per heavy atom. The van der Waals surface area contributed by atoms with E-state index in [9.17, 15) is 14.9 Å². The number of aromatic nitrogens is 3. The predicted molar refractivity (Wildman–Crippen MR) is 99.0 cm³/mol. The van der Waals surface area contributed by atoms with E-state index in [4.69, 9.17) is 0 Å². The number of nitro groups is 1. The van der Waals surface area contributed by atoms with Gasteiger partial charge in [-0.15, -0.1) is 0 Å². The van der Waals surface area contributed by atoms with Crippen molar-refractivity contribution in [2.45, 2.75) is 25.8 Å². The molecule has 27 heavy (non-hydrogen) atoms. The van der Waals surface area contributed by atoms with Crippen molar-refractivity contribution in [2.75, 3.05) is 4.90 Å². The summed E-state index contributed by atoms with van der Waals surface area (Å²) < 4.78 is 1.31. The Labute approximate surface area is 155 Å². The summed E-state index contributed by atoms with van der Waals surface area (Å²) in [4.78, 5) is 29.8. The normalized spacial score (nSPS) is 16.0. The van der Waals surface area contributed by atoms with Gasteiger partial charge in [0, 0.05) is 23.4 Å². The molecule has 1 atom stereocenters. The number of anilines is 1. The minimum atomic E-state index is -0.513. The number of aryl methyl sites for hydroxylation is 1. The quantitative estimate of drug-likeness (QED) is 0.526. The number of carbonyl (C=O) groups excluding carboxylic acids is 1. The van der Waals surface area contributed by atoms with Crippen molar-refractivity contribution in [2.24, 2.45) is 0 Å². The predicted octanol–water partition coefficient (Wildman–Crippen LogP) is 3.16. The monoisotopic (exact) mass is 363 g/mol. The first kappa shape index (κ1) is 16.9. The van der Waals surface area contributed by atoms with Gasteiger partial charge in [0.25, 0.3) is 11.6 Å². The van der Waals surface area contributed by atoms with Crippen molar-refractivity contribution < 1.29 is 9.72 Å². The summed E-state index contributed by atoms with van der Waals surface area (Å²) in [6.45, 7) is 1.99. The zero-order valence-electron chi connectivity index (χ0n) is 14.6. The van der Waals surface area contributed by atoms with Gasteiger partial charge in [-0.2, -0.15) is 5.10 Å². The van der Waals surface area contributed by atoms with E-state index in [2.05, 4.69) is 10.1 Å². The molecule has 0 bridgehead atoms. The van der Waals surface area contributed by atoms with Gasteiger partial charge in [0.1, 0.15) is 18.3 Å². The fraction of sp³-hybridized carbons (Fsp3) is 0.211. The molecule has 136 valence electrons. The topological polar surface area (TPSA) is 94.2 Å². The van der Waals surface area contributed by atoms with Gasteiger partial charge in [0.2, 0.25) is 0 Å². The zero-order chi connectivity index (χ0) is 19.0. The maximum Gasteiger partial charge on any atom is 0.295 e. The van der Waals surface area contributed by atoms with Crippen LogP contribution in [-0.4, -0.2) is 31.6 Å². The van der Waals surface area contributed by atoms with Gasteiger partial charge in [-0.05, 0) is 43.5 Å². The number of nitro benzene ring substituents is 1. The van der Waals surface area contributed by atoms with Gasteiger partial charge in [0.05, 0.1) is 4.92 Å². The van der Waals surface area contributed by atoms with Crippen molar-refractivity contribution in [1.29, 1.82) is 0 Å². The number of benzene rings is 2. The van der Waals surface area contributed by atoms with E-state index in [-0.39, 0.29) is 28.9 Å². The maximum atomic E-state index is 13.2. The molecule has 0 N–H and O–H groups in total. The highest BCUT2D eigenvalue weighted by Gasteiger charge is 2.30. The van der Waals surface area contributed by atoms with E-state index in [0.29, 0.717) is 0 Å². The standard InChI is InChI=1S/C19H17N5O3/c1-13-6-7-14-4-2-3-5-16(14)23(13)19(25)15-8-9-17(18(10-15)24(26)27)22-12-20-11-21-22/h2-5,8-13H,6-7H2,1H3/t13-/m0/s1. The average Bonchev–Trinajstić information content (AvgIpc) is 3.21. The van der Waals surface area contributed by atoms with Crippen molar-refractivity contribution in [3.05, 3.63) is 76.4 Å². The molecule has 0 aliphatic carbocycles. The molecule has 0 radical (unpaired) electrons. The third kappa shape index (κ3) is 2.95. The minimum Gasteiger partial charge on any atom is -0.305 e. The Morgan fingerprint density at radius 3 is 2.78 bits per heavy atom. The molecule has 1 amide bonds. The molecular weight excluding hydrogens is 346 g/mol. The van der Waals surface area contributed by atoms with Crippen molar-refractivity contribution in [3.8, 4) is 5.69 Å². The number of carbonyl (C=O) groups is 1. The van der Waals surface area contributed by atoms with Crippen LogP contribution in [0.15, 0.2) is 55.1 Å². The maximum absolute atomic E-state index is 13.2. The van der Waals surface area contributed by atoms with Crippen LogP contribution in [0.2, 0.25) is 0 Å². The Hall–Kier alpha value is -3.55. The van der Waals surface area contributed by atoms with Crippen molar-refractivity contribution in [3.63, 3.8) is 0 Å². The molecule has 1 aromatic heterocycles. The molecule has 8 nitrogen and oxygen atoms in total. The van der Waals surface area contributed by atoms with Crippen LogP contribution >= 0.6 is 0 Å². The largest absolute Gasteiger partial charge is 0.305 e. The molecule has 0 spiro atoms. The molecule has 2 heterocycles. The zero-order valence-corrected chi connectivity index (χ0v) is 14.6. The molecule has 8 heteroatoms. The molecule has 0 saturated heterocycles. The Balaban J connectivity index is 1.77. The SMILES string of the molecule is C[C@H]1CCc2ccccc2N1C(=O)c1ccc(-n2cncn2)c([N+](=O)[O-])c1. The number of fused-ring (bicyclic) bond motifs is 1. The molecule has 4 rings (SSSR count). The van der Waals surface area contributed by atoms with E-state index in [0.717, 1.165) is 24.1 Å². The van der Waals surface area contributed by atoms with Gasteiger partial charge < -0.3 is 4.90 Å². The van der Waals surface area contributed by atoms with Gasteiger partial charge in [0.15, 0.2) is 0 Å². The fourth-order valence-electron chi connectivity index (χ4n) is 3.47. The van der Waals surface area contributed by atoms with Crippen LogP contribution in [0, 0.1) is 10.1 Å². The third-order valence-corrected chi connectivity index (χ3v) is 4.83. The van der Waals surface area contributed by atoms with Crippen LogP contribution in [0.1, 0.15) is 29.3 Å². The van der Waals surface area contributed by atoms with Crippen molar-refractivity contribution in [1.82, 2.24) is 14.8 Å². The number of amides is 1. The van der Waals surface area contributed by atoms with Gasteiger partial charge in [-0.1, -0.05) is 18.2 Å². The van der Waals surface area contributed by atoms with Crippen molar-refractivity contribution >= 4 is 17.3 Å². The second-order valence-electron chi connectivity index (χ2n) is 6.49. The number of hydrogen-bond acceptors (Lipinski definition) is 5. The number of rotatable bonds is 3. The van der Waals surface area contributed by atoms with Gasteiger partial charge in [-0.25, -0.2) is 9.67 Å². The van der Waals surface area contributed by atoms with E-state index in [1.807, 2.05) is 31.2 Å². The van der Waals surface area contributed by atoms with Crippen LogP contribution in [0.4, 0.5) is 11.4 Å². The molecule has 2 aromatic carbocycles. The van der Waals surface area contributed by atoms with Crippen LogP contribution in [0.3, 0.4) is 0 Å². The van der Waals surface area contributed by atoms with E-state index in [1.54, 1.807) is 11.0 Å². The molecule has 3 aromatic rings. The molecular formula is C19H17N5O3. The molecule has 0 unspecified atom stereocenters. The Bertz CT molecular complexity index is 1020. The lowest BCUT2D eigenvalue weighted by Gasteiger charge is -2.35. The first-order valence-corrected chi connectivity index (χ1v) is 8.61. The molecule has 1 aliphatic rings. The highest BCUT2D eigenvalue weighted by molar-refractivity contribution is 6.07. The summed E-state index contributed by atoms with van der Waals surface area (Å²) in [7, 11) is 0. The second kappa shape index (κ2) is 6.64. The van der Waals surface area contributed by atoms with Crippen LogP contribution < -0.4 is 4.90 Å². The number of hydrogen-bond donors (Lipinski definition) is 0. The summed E-state index contributed by atoms with van der Waals surface area (Å²) in [5.41, 5.74) is 2.32. The van der Waals surface area contributed by atoms with Crippen LogP contribution in [0.25, 0.3) is 5.69 Å². The lowest BCUT2D eigenvalue weighted by molar-refractivity contribution is -0.384. The Kier molecular flexibility index (Phi) is 4.15. The second-order valence-corrected chi connectivity index (χ2v) is 6.49. The van der Waals surface area contributed by atoms with Gasteiger partial charge >= 0.3 is 0 Å². The van der Waals surface area contributed by atoms with Gasteiger partial charge in [-0.3, -0.25) is 14.9 Å². The Morgan fingerprint density at radius 1 is 1.22 bits per heavy atom. The average molecular weight is 363 g/mol. The smallest absolute Gasteiger partial charge is 0.295 e. The molecule has 0 saturated carbocycles. The van der Waals surface area contributed by atoms with Crippen LogP contribution in [0.5, 0.6) is 0 Å². The summed E-state index contributed by atoms with van der Waals surface area (Å²) in [5.74, 6) is -0.247. The summed E-state index contributed by atoms with van der Waals surface area (Å²) in [5, 5.41) is 15.5. The minimum absolute atomic E-state index is 0.0152. The molecule has 0 fully saturated rings. The fourth-order valence-corrected chi connectivity index (χ4v) is 3.47. The lowest BCUT2D eigenvalue weighted by Crippen LogP contribution is -2.42. The lowest BCUT2D eigenvalue weighted by atomic mass is 9.95. The highest BCUT2D eigenvalue weighted by atomic mass is 16.6. The third-order valence-electron chi connectivity index (χ3n) is 4.83. The van der Waals surface area contributed by atoms with Crippen LogP contribution in [-0.2, 0) is 6.42 Å². The number of nitrogens with zero attached hydrogens (tertiary/aromatic N) is 5.